The molecular formula is C16H27N3OS. The molecule has 2 heterocycles. The van der Waals surface area contributed by atoms with Crippen molar-refractivity contribution in [3.05, 3.63) is 10.6 Å². The van der Waals surface area contributed by atoms with Crippen LogP contribution in [0.25, 0.3) is 0 Å². The highest BCUT2D eigenvalue weighted by Gasteiger charge is 2.37. The topological polar surface area (TPSA) is 39.6 Å². The van der Waals surface area contributed by atoms with Crippen LogP contribution in [-0.4, -0.2) is 48.2 Å². The average molecular weight is 309 g/mol. The van der Waals surface area contributed by atoms with Crippen molar-refractivity contribution in [1.29, 1.82) is 0 Å². The molecule has 3 rings (SSSR count). The second kappa shape index (κ2) is 5.21. The molecule has 1 aromatic heterocycles. The number of thiazole rings is 1. The number of fused-ring (bicyclic) bond motifs is 1. The summed E-state index contributed by atoms with van der Waals surface area (Å²) in [7, 11) is 4.31. The van der Waals surface area contributed by atoms with Crippen LogP contribution in [0.2, 0.25) is 0 Å². The van der Waals surface area contributed by atoms with Crippen LogP contribution >= 0.6 is 11.3 Å². The van der Waals surface area contributed by atoms with Crippen LogP contribution in [0.3, 0.4) is 0 Å². The highest BCUT2D eigenvalue weighted by atomic mass is 32.1. The SMILES string of the molecule is CC1CN(c2nc3c(s2)C(O)CC(C)(C)C3)CC1N(C)C. The summed E-state index contributed by atoms with van der Waals surface area (Å²) in [6.07, 6.45) is 1.49. The highest BCUT2D eigenvalue weighted by Crippen LogP contribution is 2.45. The largest absolute Gasteiger partial charge is 0.387 e. The molecule has 0 radical (unpaired) electrons. The van der Waals surface area contributed by atoms with Gasteiger partial charge in [-0.05, 0) is 38.3 Å². The maximum absolute atomic E-state index is 10.4. The fourth-order valence-corrected chi connectivity index (χ4v) is 4.88. The van der Waals surface area contributed by atoms with Crippen molar-refractivity contribution in [1.82, 2.24) is 9.88 Å². The molecule has 3 atom stereocenters. The Balaban J connectivity index is 1.83. The van der Waals surface area contributed by atoms with Gasteiger partial charge in [-0.3, -0.25) is 0 Å². The lowest BCUT2D eigenvalue weighted by Crippen LogP contribution is -2.34. The second-order valence-corrected chi connectivity index (χ2v) is 8.79. The van der Waals surface area contributed by atoms with E-state index in [0.717, 1.165) is 41.6 Å². The standard InChI is InChI=1S/C16H27N3OS/c1-10-8-19(9-12(10)18(4)5)15-17-11-6-16(2,3)7-13(20)14(11)21-15/h10,12-13,20H,6-9H2,1-5H3. The Kier molecular flexibility index (Phi) is 3.79. The molecular weight excluding hydrogens is 282 g/mol. The Hall–Kier alpha value is -0.650. The fourth-order valence-electron chi connectivity index (χ4n) is 3.79. The third kappa shape index (κ3) is 2.83. The maximum atomic E-state index is 10.4. The summed E-state index contributed by atoms with van der Waals surface area (Å²) in [5.74, 6) is 0.655. The van der Waals surface area contributed by atoms with E-state index < -0.39 is 0 Å². The van der Waals surface area contributed by atoms with E-state index in [4.69, 9.17) is 4.98 Å². The fraction of sp³-hybridized carbons (Fsp3) is 0.812. The van der Waals surface area contributed by atoms with Crippen LogP contribution in [0, 0.1) is 11.3 Å². The molecule has 1 N–H and O–H groups in total. The predicted molar refractivity (Wildman–Crippen MR) is 88.0 cm³/mol. The number of hydrogen-bond acceptors (Lipinski definition) is 5. The molecule has 0 amide bonds. The summed E-state index contributed by atoms with van der Waals surface area (Å²) < 4.78 is 0. The zero-order chi connectivity index (χ0) is 15.4. The molecule has 0 spiro atoms. The third-order valence-corrected chi connectivity index (χ3v) is 6.18. The van der Waals surface area contributed by atoms with Crippen molar-refractivity contribution in [3.63, 3.8) is 0 Å². The maximum Gasteiger partial charge on any atom is 0.185 e. The van der Waals surface area contributed by atoms with Crippen LogP contribution in [0.5, 0.6) is 0 Å². The van der Waals surface area contributed by atoms with E-state index in [9.17, 15) is 5.11 Å². The molecule has 3 unspecified atom stereocenters. The van der Waals surface area contributed by atoms with Gasteiger partial charge in [-0.25, -0.2) is 4.98 Å². The van der Waals surface area contributed by atoms with Crippen molar-refractivity contribution in [2.45, 2.75) is 45.8 Å². The van der Waals surface area contributed by atoms with Crippen molar-refractivity contribution in [3.8, 4) is 0 Å². The molecule has 1 aromatic rings. The Morgan fingerprint density at radius 2 is 2.05 bits per heavy atom. The lowest BCUT2D eigenvalue weighted by Gasteiger charge is -2.31. The summed E-state index contributed by atoms with van der Waals surface area (Å²) in [5, 5.41) is 11.5. The summed E-state index contributed by atoms with van der Waals surface area (Å²) in [4.78, 5) is 10.7. The molecule has 2 aliphatic rings. The number of anilines is 1. The number of likely N-dealkylation sites (N-methyl/N-ethyl adjacent to an activating group) is 1. The smallest absolute Gasteiger partial charge is 0.185 e. The first kappa shape index (κ1) is 15.3. The van der Waals surface area contributed by atoms with Gasteiger partial charge in [-0.1, -0.05) is 32.1 Å². The van der Waals surface area contributed by atoms with Gasteiger partial charge in [-0.15, -0.1) is 0 Å². The average Bonchev–Trinajstić information content (AvgIpc) is 2.91. The molecule has 4 nitrogen and oxygen atoms in total. The number of aliphatic hydroxyl groups is 1. The lowest BCUT2D eigenvalue weighted by molar-refractivity contribution is 0.102. The monoisotopic (exact) mass is 309 g/mol. The van der Waals surface area contributed by atoms with Gasteiger partial charge in [0.15, 0.2) is 5.13 Å². The summed E-state index contributed by atoms with van der Waals surface area (Å²) >= 11 is 1.70. The van der Waals surface area contributed by atoms with E-state index in [1.807, 2.05) is 0 Å². The zero-order valence-electron chi connectivity index (χ0n) is 13.8. The Labute approximate surface area is 131 Å². The Morgan fingerprint density at radius 3 is 2.67 bits per heavy atom. The molecule has 5 heteroatoms. The minimum atomic E-state index is -0.334. The predicted octanol–water partition coefficient (Wildman–Crippen LogP) is 2.54. The van der Waals surface area contributed by atoms with E-state index >= 15 is 0 Å². The minimum Gasteiger partial charge on any atom is -0.387 e. The molecule has 0 bridgehead atoms. The number of rotatable bonds is 2. The van der Waals surface area contributed by atoms with E-state index in [1.54, 1.807) is 11.3 Å². The van der Waals surface area contributed by atoms with E-state index in [0.29, 0.717) is 12.0 Å². The molecule has 1 saturated heterocycles. The van der Waals surface area contributed by atoms with Crippen LogP contribution in [-0.2, 0) is 6.42 Å². The minimum absolute atomic E-state index is 0.155. The van der Waals surface area contributed by atoms with Crippen molar-refractivity contribution in [2.24, 2.45) is 11.3 Å². The number of nitrogens with zero attached hydrogens (tertiary/aromatic N) is 3. The molecule has 0 aromatic carbocycles. The quantitative estimate of drug-likeness (QED) is 0.911. The molecule has 0 saturated carbocycles. The van der Waals surface area contributed by atoms with Crippen LogP contribution < -0.4 is 4.90 Å². The van der Waals surface area contributed by atoms with Gasteiger partial charge in [0.1, 0.15) is 0 Å². The van der Waals surface area contributed by atoms with Gasteiger partial charge >= 0.3 is 0 Å². The number of aliphatic hydroxyl groups excluding tert-OH is 1. The first-order valence-electron chi connectivity index (χ1n) is 7.86. The van der Waals surface area contributed by atoms with Gasteiger partial charge < -0.3 is 14.9 Å². The van der Waals surface area contributed by atoms with E-state index in [-0.39, 0.29) is 11.5 Å². The molecule has 21 heavy (non-hydrogen) atoms. The lowest BCUT2D eigenvalue weighted by atomic mass is 9.77. The van der Waals surface area contributed by atoms with Crippen molar-refractivity contribution < 1.29 is 5.11 Å². The number of hydrogen-bond donors (Lipinski definition) is 1. The molecule has 1 aliphatic carbocycles. The molecule has 1 aliphatic heterocycles. The Morgan fingerprint density at radius 1 is 1.33 bits per heavy atom. The van der Waals surface area contributed by atoms with E-state index in [1.165, 1.54) is 0 Å². The first-order chi connectivity index (χ1) is 9.77. The van der Waals surface area contributed by atoms with Crippen molar-refractivity contribution >= 4 is 16.5 Å². The highest BCUT2D eigenvalue weighted by molar-refractivity contribution is 7.15. The molecule has 1 fully saturated rings. The normalized spacial score (nSPS) is 31.8. The van der Waals surface area contributed by atoms with Crippen LogP contribution in [0.4, 0.5) is 5.13 Å². The van der Waals surface area contributed by atoms with Crippen molar-refractivity contribution in [2.75, 3.05) is 32.1 Å². The van der Waals surface area contributed by atoms with Gasteiger partial charge in [-0.2, -0.15) is 0 Å². The van der Waals surface area contributed by atoms with Crippen LogP contribution in [0.15, 0.2) is 0 Å². The zero-order valence-corrected chi connectivity index (χ0v) is 14.6. The van der Waals surface area contributed by atoms with Gasteiger partial charge in [0.05, 0.1) is 16.7 Å². The van der Waals surface area contributed by atoms with Gasteiger partial charge in [0.25, 0.3) is 0 Å². The summed E-state index contributed by atoms with van der Waals surface area (Å²) in [6, 6.07) is 0.590. The number of aromatic nitrogens is 1. The second-order valence-electron chi connectivity index (χ2n) is 7.78. The first-order valence-corrected chi connectivity index (χ1v) is 8.67. The summed E-state index contributed by atoms with van der Waals surface area (Å²) in [6.45, 7) is 8.86. The van der Waals surface area contributed by atoms with E-state index in [2.05, 4.69) is 44.7 Å². The summed E-state index contributed by atoms with van der Waals surface area (Å²) in [5.41, 5.74) is 1.28. The molecule has 118 valence electrons. The Bertz CT molecular complexity index is 526. The van der Waals surface area contributed by atoms with Crippen LogP contribution in [0.1, 0.15) is 43.9 Å². The third-order valence-electron chi connectivity index (χ3n) is 4.92. The van der Waals surface area contributed by atoms with Gasteiger partial charge in [0.2, 0.25) is 0 Å². The van der Waals surface area contributed by atoms with Gasteiger partial charge in [0, 0.05) is 19.1 Å².